The van der Waals surface area contributed by atoms with Crippen molar-refractivity contribution in [2.45, 2.75) is 44.2 Å². The van der Waals surface area contributed by atoms with E-state index in [1.807, 2.05) is 0 Å². The van der Waals surface area contributed by atoms with Crippen LogP contribution < -0.4 is 16.4 Å². The second kappa shape index (κ2) is 8.33. The van der Waals surface area contributed by atoms with Crippen molar-refractivity contribution in [3.05, 3.63) is 0 Å². The van der Waals surface area contributed by atoms with E-state index in [1.165, 1.54) is 7.11 Å². The third kappa shape index (κ3) is 5.14. The minimum atomic E-state index is -0.818. The average molecular weight is 334 g/mol. The molecular weight excluding hydrogens is 310 g/mol. The first kappa shape index (κ1) is 18.7. The predicted molar refractivity (Wildman–Crippen MR) is 82.2 cm³/mol. The normalized spacial score (nSPS) is 23.0. The summed E-state index contributed by atoms with van der Waals surface area (Å²) in [5.41, 5.74) is 5.84. The molecule has 0 aromatic heterocycles. The molecule has 0 bridgehead atoms. The molecule has 7 nitrogen and oxygen atoms in total. The van der Waals surface area contributed by atoms with Crippen LogP contribution in [-0.2, 0) is 19.1 Å². The Morgan fingerprint density at radius 2 is 2.05 bits per heavy atom. The van der Waals surface area contributed by atoms with Crippen molar-refractivity contribution in [2.75, 3.05) is 13.7 Å². The zero-order valence-electron chi connectivity index (χ0n) is 12.7. The van der Waals surface area contributed by atoms with Crippen molar-refractivity contribution in [3.8, 4) is 0 Å². The van der Waals surface area contributed by atoms with Gasteiger partial charge in [-0.15, -0.1) is 12.4 Å². The van der Waals surface area contributed by atoms with Crippen molar-refractivity contribution in [1.82, 2.24) is 10.6 Å². The molecule has 0 aromatic carbocycles. The van der Waals surface area contributed by atoms with Crippen molar-refractivity contribution in [1.29, 1.82) is 0 Å². The summed E-state index contributed by atoms with van der Waals surface area (Å²) in [7, 11) is 1.26. The highest BCUT2D eigenvalue weighted by molar-refractivity contribution is 5.88. The predicted octanol–water partition coefficient (Wildman–Crippen LogP) is -0.280. The summed E-state index contributed by atoms with van der Waals surface area (Å²) < 4.78 is 4.71. The van der Waals surface area contributed by atoms with Gasteiger partial charge in [-0.3, -0.25) is 9.59 Å². The van der Waals surface area contributed by atoms with Crippen LogP contribution in [0, 0.1) is 11.8 Å². The number of carbonyl (C=O) groups excluding carboxylic acids is 3. The van der Waals surface area contributed by atoms with E-state index in [1.54, 1.807) is 0 Å². The van der Waals surface area contributed by atoms with Crippen molar-refractivity contribution in [3.63, 3.8) is 0 Å². The molecule has 22 heavy (non-hydrogen) atoms. The molecule has 1 saturated carbocycles. The first-order valence-corrected chi connectivity index (χ1v) is 7.42. The molecule has 126 valence electrons. The minimum absolute atomic E-state index is 0. The van der Waals surface area contributed by atoms with E-state index in [-0.39, 0.29) is 36.6 Å². The number of carbonyl (C=O) groups is 3. The quantitative estimate of drug-likeness (QED) is 0.555. The lowest BCUT2D eigenvalue weighted by atomic mass is 9.98. The van der Waals surface area contributed by atoms with Gasteiger partial charge in [-0.1, -0.05) is 12.8 Å². The molecule has 0 radical (unpaired) electrons. The molecule has 1 saturated heterocycles. The third-order valence-electron chi connectivity index (χ3n) is 4.11. The SMILES string of the molecule is COC(=O)[C@H](C[C@@H]1CCNC1=O)NC(=O)[C@@H](N)CC1CC1.Cl. The fourth-order valence-electron chi connectivity index (χ4n) is 2.61. The Labute approximate surface area is 136 Å². The number of amides is 2. The monoisotopic (exact) mass is 333 g/mol. The molecule has 1 aliphatic heterocycles. The molecule has 2 aliphatic rings. The first-order valence-electron chi connectivity index (χ1n) is 7.42. The number of hydrogen-bond acceptors (Lipinski definition) is 5. The lowest BCUT2D eigenvalue weighted by Gasteiger charge is -2.21. The van der Waals surface area contributed by atoms with Crippen molar-refractivity contribution >= 4 is 30.2 Å². The Kier molecular flexibility index (Phi) is 7.09. The molecule has 4 N–H and O–H groups in total. The second-order valence-electron chi connectivity index (χ2n) is 5.88. The number of ether oxygens (including phenoxy) is 1. The molecule has 2 fully saturated rings. The Morgan fingerprint density at radius 3 is 2.55 bits per heavy atom. The van der Waals surface area contributed by atoms with E-state index in [4.69, 9.17) is 10.5 Å². The summed E-state index contributed by atoms with van der Waals surface area (Å²) >= 11 is 0. The molecule has 0 spiro atoms. The Balaban J connectivity index is 0.00000242. The number of nitrogens with two attached hydrogens (primary N) is 1. The third-order valence-corrected chi connectivity index (χ3v) is 4.11. The second-order valence-corrected chi connectivity index (χ2v) is 5.88. The fourth-order valence-corrected chi connectivity index (χ4v) is 2.61. The number of nitrogens with one attached hydrogen (secondary N) is 2. The van der Waals surface area contributed by atoms with E-state index in [2.05, 4.69) is 10.6 Å². The van der Waals surface area contributed by atoms with Gasteiger partial charge in [0, 0.05) is 12.5 Å². The highest BCUT2D eigenvalue weighted by Gasteiger charge is 2.33. The molecule has 3 atom stereocenters. The standard InChI is InChI=1S/C14H23N3O4.ClH/c1-21-14(20)11(7-9-4-5-16-12(9)18)17-13(19)10(15)6-8-2-3-8;/h8-11H,2-7,15H2,1H3,(H,16,18)(H,17,19);1H/t9-,10-,11-;/m0./s1. The summed E-state index contributed by atoms with van der Waals surface area (Å²) in [5.74, 6) is -0.713. The van der Waals surface area contributed by atoms with Crippen LogP contribution in [0.2, 0.25) is 0 Å². The van der Waals surface area contributed by atoms with Crippen LogP contribution in [-0.4, -0.2) is 43.5 Å². The Bertz CT molecular complexity index is 428. The van der Waals surface area contributed by atoms with Gasteiger partial charge in [-0.25, -0.2) is 4.79 Å². The van der Waals surface area contributed by atoms with Gasteiger partial charge in [0.25, 0.3) is 0 Å². The van der Waals surface area contributed by atoms with E-state index in [9.17, 15) is 14.4 Å². The molecule has 0 unspecified atom stereocenters. The topological polar surface area (TPSA) is 111 Å². The summed E-state index contributed by atoms with van der Waals surface area (Å²) in [6, 6.07) is -1.43. The average Bonchev–Trinajstić information content (AvgIpc) is 3.19. The van der Waals surface area contributed by atoms with Crippen LogP contribution in [0.5, 0.6) is 0 Å². The van der Waals surface area contributed by atoms with E-state index in [0.29, 0.717) is 25.3 Å². The van der Waals surface area contributed by atoms with Gasteiger partial charge in [0.1, 0.15) is 6.04 Å². The van der Waals surface area contributed by atoms with Crippen molar-refractivity contribution < 1.29 is 19.1 Å². The first-order chi connectivity index (χ1) is 10.0. The van der Waals surface area contributed by atoms with Gasteiger partial charge in [0.05, 0.1) is 13.2 Å². The fraction of sp³-hybridized carbons (Fsp3) is 0.786. The molecule has 2 rings (SSSR count). The highest BCUT2D eigenvalue weighted by atomic mass is 35.5. The van der Waals surface area contributed by atoms with Crippen LogP contribution in [0.3, 0.4) is 0 Å². The maximum atomic E-state index is 12.0. The van der Waals surface area contributed by atoms with Gasteiger partial charge in [-0.05, 0) is 25.2 Å². The highest BCUT2D eigenvalue weighted by Crippen LogP contribution is 2.33. The minimum Gasteiger partial charge on any atom is -0.467 e. The molecule has 1 aliphatic carbocycles. The molecule has 2 amide bonds. The smallest absolute Gasteiger partial charge is 0.328 e. The van der Waals surface area contributed by atoms with E-state index in [0.717, 1.165) is 12.8 Å². The molecule has 8 heteroatoms. The zero-order chi connectivity index (χ0) is 15.4. The molecule has 1 heterocycles. The van der Waals surface area contributed by atoms with Gasteiger partial charge in [0.2, 0.25) is 11.8 Å². The van der Waals surface area contributed by atoms with Crippen LogP contribution in [0.4, 0.5) is 0 Å². The summed E-state index contributed by atoms with van der Waals surface area (Å²) in [5, 5.41) is 5.34. The lowest BCUT2D eigenvalue weighted by Crippen LogP contribution is -2.49. The number of esters is 1. The van der Waals surface area contributed by atoms with Crippen molar-refractivity contribution in [2.24, 2.45) is 17.6 Å². The summed E-state index contributed by atoms with van der Waals surface area (Å²) in [6.07, 6.45) is 3.79. The van der Waals surface area contributed by atoms with Gasteiger partial charge < -0.3 is 21.1 Å². The summed E-state index contributed by atoms with van der Waals surface area (Å²) in [4.78, 5) is 35.4. The van der Waals surface area contributed by atoms with Gasteiger partial charge in [-0.2, -0.15) is 0 Å². The van der Waals surface area contributed by atoms with Crippen LogP contribution >= 0.6 is 12.4 Å². The maximum Gasteiger partial charge on any atom is 0.328 e. The van der Waals surface area contributed by atoms with Crippen LogP contribution in [0.25, 0.3) is 0 Å². The molecular formula is C14H24ClN3O4. The van der Waals surface area contributed by atoms with E-state index >= 15 is 0 Å². The van der Waals surface area contributed by atoms with Gasteiger partial charge in [0.15, 0.2) is 0 Å². The molecule has 0 aromatic rings. The van der Waals surface area contributed by atoms with E-state index < -0.39 is 18.1 Å². The number of methoxy groups -OCH3 is 1. The lowest BCUT2D eigenvalue weighted by molar-refractivity contribution is -0.146. The Morgan fingerprint density at radius 1 is 1.36 bits per heavy atom. The maximum absolute atomic E-state index is 12.0. The van der Waals surface area contributed by atoms with Crippen LogP contribution in [0.1, 0.15) is 32.1 Å². The Hall–Kier alpha value is -1.34. The number of rotatable bonds is 7. The van der Waals surface area contributed by atoms with Gasteiger partial charge >= 0.3 is 5.97 Å². The zero-order valence-corrected chi connectivity index (χ0v) is 13.5. The largest absolute Gasteiger partial charge is 0.467 e. The number of halogens is 1. The van der Waals surface area contributed by atoms with Crippen LogP contribution in [0.15, 0.2) is 0 Å². The number of hydrogen-bond donors (Lipinski definition) is 3. The summed E-state index contributed by atoms with van der Waals surface area (Å²) in [6.45, 7) is 0.604.